The third kappa shape index (κ3) is 4.34. The van der Waals surface area contributed by atoms with Gasteiger partial charge in [-0.3, -0.25) is 9.59 Å². The highest BCUT2D eigenvalue weighted by molar-refractivity contribution is 14.1. The fraction of sp³-hybridized carbons (Fsp3) is 0.500. The molecule has 2 aliphatic carbocycles. The number of hydrogen-bond acceptors (Lipinski definition) is 5. The van der Waals surface area contributed by atoms with E-state index >= 15 is 0 Å². The van der Waals surface area contributed by atoms with Gasteiger partial charge in [0.1, 0.15) is 6.61 Å². The van der Waals surface area contributed by atoms with Gasteiger partial charge in [-0.1, -0.05) is 40.3 Å². The van der Waals surface area contributed by atoms with Gasteiger partial charge >= 0.3 is 0 Å². The van der Waals surface area contributed by atoms with Crippen LogP contribution in [0.5, 0.6) is 11.5 Å². The van der Waals surface area contributed by atoms with Crippen molar-refractivity contribution in [1.29, 1.82) is 0 Å². The van der Waals surface area contributed by atoms with E-state index in [-0.39, 0.29) is 28.3 Å². The van der Waals surface area contributed by atoms with Crippen LogP contribution in [0.15, 0.2) is 47.3 Å². The van der Waals surface area contributed by atoms with Crippen LogP contribution in [-0.4, -0.2) is 37.2 Å². The lowest BCUT2D eigenvalue weighted by molar-refractivity contribution is -0.119. The van der Waals surface area contributed by atoms with Crippen molar-refractivity contribution in [2.24, 2.45) is 10.8 Å². The van der Waals surface area contributed by atoms with Crippen LogP contribution < -0.4 is 9.47 Å². The molecule has 34 heavy (non-hydrogen) atoms. The second kappa shape index (κ2) is 8.85. The smallest absolute Gasteiger partial charge is 0.174 e. The molecule has 0 fully saturated rings. The summed E-state index contributed by atoms with van der Waals surface area (Å²) in [5, 5.41) is 0. The topological polar surface area (TPSA) is 55.8 Å². The summed E-state index contributed by atoms with van der Waals surface area (Å²) in [5.41, 5.74) is 4.32. The molecule has 1 aliphatic heterocycles. The van der Waals surface area contributed by atoms with E-state index in [1.165, 1.54) is 0 Å². The molecule has 0 spiro atoms. The second-order valence-corrected chi connectivity index (χ2v) is 12.4. The molecule has 1 aromatic carbocycles. The van der Waals surface area contributed by atoms with Crippen LogP contribution in [0.25, 0.3) is 0 Å². The molecule has 1 aromatic rings. The number of nitrogens with zero attached hydrogens (tertiary/aromatic N) is 1. The van der Waals surface area contributed by atoms with Crippen molar-refractivity contribution in [3.8, 4) is 11.5 Å². The van der Waals surface area contributed by atoms with Crippen molar-refractivity contribution >= 4 is 34.2 Å². The summed E-state index contributed by atoms with van der Waals surface area (Å²) in [6.07, 6.45) is 4.27. The van der Waals surface area contributed by atoms with Crippen LogP contribution in [0.1, 0.15) is 64.9 Å². The maximum atomic E-state index is 13.6. The zero-order valence-electron chi connectivity index (χ0n) is 21.0. The molecule has 0 saturated heterocycles. The van der Waals surface area contributed by atoms with Gasteiger partial charge in [-0.05, 0) is 64.0 Å². The Morgan fingerprint density at radius 3 is 2.03 bits per heavy atom. The Morgan fingerprint density at radius 1 is 1.03 bits per heavy atom. The first kappa shape index (κ1) is 25.0. The number of allylic oxidation sites excluding steroid dienone is 4. The number of ketones is 2. The number of carbonyl (C=O) groups excluding carboxylic acids is 2. The van der Waals surface area contributed by atoms with E-state index in [4.69, 9.17) is 9.47 Å². The van der Waals surface area contributed by atoms with Crippen molar-refractivity contribution < 1.29 is 19.1 Å². The van der Waals surface area contributed by atoms with E-state index in [0.29, 0.717) is 30.9 Å². The van der Waals surface area contributed by atoms with E-state index in [0.717, 1.165) is 44.5 Å². The van der Waals surface area contributed by atoms with Gasteiger partial charge in [0.05, 0.1) is 10.7 Å². The van der Waals surface area contributed by atoms with Gasteiger partial charge in [-0.25, -0.2) is 0 Å². The lowest BCUT2D eigenvalue weighted by Crippen LogP contribution is -2.43. The largest absolute Gasteiger partial charge is 0.493 e. The number of ether oxygens (including phenoxy) is 2. The standard InChI is InChI=1S/C28H34INO4/c1-8-9-34-26-17(29)10-16(11-22(26)33-7)23-24-18(12-27(2,3)14-20(24)31)30(6)19-13-28(4,5)15-21(32)25(19)23/h8,10-11,23H,1,9,12-15H2,2-7H3. The van der Waals surface area contributed by atoms with E-state index in [2.05, 4.69) is 61.8 Å². The minimum absolute atomic E-state index is 0.116. The van der Waals surface area contributed by atoms with Crippen molar-refractivity contribution in [1.82, 2.24) is 4.90 Å². The van der Waals surface area contributed by atoms with Crippen molar-refractivity contribution in [2.45, 2.75) is 59.3 Å². The molecule has 0 bridgehead atoms. The Hall–Kier alpha value is -2.09. The first-order chi connectivity index (χ1) is 15.9. The summed E-state index contributed by atoms with van der Waals surface area (Å²) >= 11 is 2.24. The Morgan fingerprint density at radius 2 is 1.56 bits per heavy atom. The second-order valence-electron chi connectivity index (χ2n) is 11.2. The highest BCUT2D eigenvalue weighted by Crippen LogP contribution is 2.54. The lowest BCUT2D eigenvalue weighted by atomic mass is 9.64. The SMILES string of the molecule is C=CCOc1c(I)cc(C2C3=C(CC(C)(C)CC3=O)N(C)C3=C2C(=O)CC(C)(C)C3)cc1OC. The highest BCUT2D eigenvalue weighted by Gasteiger charge is 2.48. The van der Waals surface area contributed by atoms with Crippen LogP contribution in [0.2, 0.25) is 0 Å². The summed E-state index contributed by atoms with van der Waals surface area (Å²) in [6, 6.07) is 3.97. The lowest BCUT2D eigenvalue weighted by Gasteiger charge is -2.48. The number of Topliss-reactive ketones (excluding diaryl/α,β-unsaturated/α-hetero) is 2. The third-order valence-electron chi connectivity index (χ3n) is 7.11. The first-order valence-electron chi connectivity index (χ1n) is 11.8. The van der Waals surface area contributed by atoms with Crippen LogP contribution >= 0.6 is 22.6 Å². The molecule has 0 amide bonds. The summed E-state index contributed by atoms with van der Waals surface area (Å²) in [7, 11) is 3.64. The van der Waals surface area contributed by atoms with Gasteiger partial charge < -0.3 is 14.4 Å². The fourth-order valence-corrected chi connectivity index (χ4v) is 6.47. The summed E-state index contributed by atoms with van der Waals surface area (Å²) < 4.78 is 12.4. The molecule has 0 unspecified atom stereocenters. The zero-order chi connectivity index (χ0) is 25.0. The van der Waals surface area contributed by atoms with Crippen LogP contribution in [-0.2, 0) is 9.59 Å². The molecule has 3 aliphatic rings. The van der Waals surface area contributed by atoms with Crippen molar-refractivity contribution in [3.63, 3.8) is 0 Å². The highest BCUT2D eigenvalue weighted by atomic mass is 127. The number of hydrogen-bond donors (Lipinski definition) is 0. The minimum atomic E-state index is -0.385. The zero-order valence-corrected chi connectivity index (χ0v) is 23.2. The molecule has 0 N–H and O–H groups in total. The average molecular weight is 575 g/mol. The van der Waals surface area contributed by atoms with Gasteiger partial charge in [0, 0.05) is 48.3 Å². The number of benzene rings is 1. The van der Waals surface area contributed by atoms with Crippen molar-refractivity contribution in [3.05, 3.63) is 56.5 Å². The van der Waals surface area contributed by atoms with Crippen LogP contribution in [0, 0.1) is 14.4 Å². The van der Waals surface area contributed by atoms with E-state index in [9.17, 15) is 9.59 Å². The normalized spacial score (nSPS) is 21.9. The first-order valence-corrected chi connectivity index (χ1v) is 12.8. The van der Waals surface area contributed by atoms with E-state index < -0.39 is 0 Å². The average Bonchev–Trinajstić information content (AvgIpc) is 2.72. The Balaban J connectivity index is 1.96. The maximum absolute atomic E-state index is 13.6. The summed E-state index contributed by atoms with van der Waals surface area (Å²) in [5.74, 6) is 1.13. The van der Waals surface area contributed by atoms with Gasteiger partial charge in [0.15, 0.2) is 23.1 Å². The van der Waals surface area contributed by atoms with Crippen LogP contribution in [0.4, 0.5) is 0 Å². The molecule has 1 heterocycles. The molecule has 0 aromatic heterocycles. The van der Waals surface area contributed by atoms with Gasteiger partial charge in [0.25, 0.3) is 0 Å². The monoisotopic (exact) mass is 575 g/mol. The number of methoxy groups -OCH3 is 1. The van der Waals surface area contributed by atoms with Gasteiger partial charge in [-0.15, -0.1) is 0 Å². The molecular formula is C28H34INO4. The number of rotatable bonds is 5. The minimum Gasteiger partial charge on any atom is -0.493 e. The van der Waals surface area contributed by atoms with E-state index in [1.54, 1.807) is 13.2 Å². The molecule has 0 radical (unpaired) electrons. The predicted molar refractivity (Wildman–Crippen MR) is 142 cm³/mol. The number of halogens is 1. The van der Waals surface area contributed by atoms with Gasteiger partial charge in [0.2, 0.25) is 0 Å². The molecule has 182 valence electrons. The molecule has 0 atom stereocenters. The third-order valence-corrected chi connectivity index (χ3v) is 7.91. The van der Waals surface area contributed by atoms with Crippen molar-refractivity contribution in [2.75, 3.05) is 20.8 Å². The summed E-state index contributed by atoms with van der Waals surface area (Å²) in [6.45, 7) is 12.7. The maximum Gasteiger partial charge on any atom is 0.174 e. The van der Waals surface area contributed by atoms with Crippen LogP contribution in [0.3, 0.4) is 0 Å². The summed E-state index contributed by atoms with van der Waals surface area (Å²) in [4.78, 5) is 29.4. The number of carbonyl (C=O) groups is 2. The van der Waals surface area contributed by atoms with Gasteiger partial charge in [-0.2, -0.15) is 0 Å². The molecule has 0 saturated carbocycles. The Kier molecular flexibility index (Phi) is 6.51. The molecule has 4 rings (SSSR count). The Bertz CT molecular complexity index is 1090. The fourth-order valence-electron chi connectivity index (χ4n) is 5.69. The molecular weight excluding hydrogens is 541 g/mol. The quantitative estimate of drug-likeness (QED) is 0.310. The Labute approximate surface area is 216 Å². The predicted octanol–water partition coefficient (Wildman–Crippen LogP) is 6.18. The molecule has 5 nitrogen and oxygen atoms in total. The molecule has 6 heteroatoms. The van der Waals surface area contributed by atoms with E-state index in [1.807, 2.05) is 19.2 Å².